The van der Waals surface area contributed by atoms with Gasteiger partial charge < -0.3 is 10.2 Å². The van der Waals surface area contributed by atoms with Gasteiger partial charge in [0.1, 0.15) is 6.04 Å². The summed E-state index contributed by atoms with van der Waals surface area (Å²) in [6.45, 7) is 4.94. The lowest BCUT2D eigenvalue weighted by Gasteiger charge is -2.27. The summed E-state index contributed by atoms with van der Waals surface area (Å²) in [4.78, 5) is 40.7. The van der Waals surface area contributed by atoms with Crippen molar-refractivity contribution in [1.82, 2.24) is 15.7 Å². The first kappa shape index (κ1) is 25.4. The molecule has 1 heterocycles. The molecule has 4 rings (SSSR count). The van der Waals surface area contributed by atoms with Crippen molar-refractivity contribution in [3.05, 3.63) is 83.4 Å². The van der Waals surface area contributed by atoms with Gasteiger partial charge in [-0.3, -0.25) is 19.6 Å². The second-order valence-corrected chi connectivity index (χ2v) is 9.98. The normalized spacial score (nSPS) is 14.4. The molecule has 0 spiro atoms. The molecule has 7 nitrogen and oxygen atoms in total. The third-order valence-electron chi connectivity index (χ3n) is 6.70. The molecule has 3 aromatic rings. The van der Waals surface area contributed by atoms with E-state index in [1.807, 2.05) is 80.6 Å². The van der Waals surface area contributed by atoms with Crippen LogP contribution in [0.4, 0.5) is 0 Å². The number of fused-ring (bicyclic) bond motifs is 2. The number of nitrogens with zero attached hydrogens (tertiary/aromatic N) is 1. The maximum Gasteiger partial charge on any atom is 0.246 e. The molecular formula is C29H33N3O4. The Bertz CT molecular complexity index is 1230. The minimum absolute atomic E-state index is 0.146. The number of nitrogens with one attached hydrogen (secondary N) is 2. The minimum Gasteiger partial charge on any atom is -0.344 e. The van der Waals surface area contributed by atoms with E-state index in [4.69, 9.17) is 5.21 Å². The van der Waals surface area contributed by atoms with Crippen molar-refractivity contribution in [2.75, 3.05) is 0 Å². The largest absolute Gasteiger partial charge is 0.344 e. The third kappa shape index (κ3) is 6.10. The van der Waals surface area contributed by atoms with Crippen LogP contribution in [0, 0.1) is 11.8 Å². The summed E-state index contributed by atoms with van der Waals surface area (Å²) >= 11 is 0. The molecule has 0 fully saturated rings. The van der Waals surface area contributed by atoms with E-state index in [9.17, 15) is 14.4 Å². The zero-order valence-electron chi connectivity index (χ0n) is 20.7. The van der Waals surface area contributed by atoms with Gasteiger partial charge in [0, 0.05) is 31.8 Å². The molecule has 0 aromatic heterocycles. The van der Waals surface area contributed by atoms with E-state index in [0.717, 1.165) is 27.5 Å². The number of carbonyl (C=O) groups is 3. The van der Waals surface area contributed by atoms with E-state index in [1.165, 1.54) is 0 Å². The molecule has 0 saturated carbocycles. The lowest BCUT2D eigenvalue weighted by molar-refractivity contribution is -0.139. The Morgan fingerprint density at radius 2 is 1.56 bits per heavy atom. The number of benzene rings is 3. The van der Waals surface area contributed by atoms with Crippen LogP contribution in [-0.4, -0.2) is 33.9 Å². The van der Waals surface area contributed by atoms with Crippen LogP contribution >= 0.6 is 0 Å². The monoisotopic (exact) mass is 487 g/mol. The average molecular weight is 488 g/mol. The van der Waals surface area contributed by atoms with Crippen molar-refractivity contribution in [3.8, 4) is 0 Å². The van der Waals surface area contributed by atoms with E-state index in [0.29, 0.717) is 25.9 Å². The number of carbonyl (C=O) groups excluding carboxylic acids is 3. The highest BCUT2D eigenvalue weighted by atomic mass is 16.5. The molecule has 0 aliphatic carbocycles. The van der Waals surface area contributed by atoms with Gasteiger partial charge in [0.2, 0.25) is 17.7 Å². The molecule has 0 unspecified atom stereocenters. The van der Waals surface area contributed by atoms with Crippen LogP contribution in [-0.2, 0) is 33.9 Å². The van der Waals surface area contributed by atoms with Crippen LogP contribution in [0.2, 0.25) is 0 Å². The Morgan fingerprint density at radius 1 is 0.917 bits per heavy atom. The fourth-order valence-corrected chi connectivity index (χ4v) is 4.92. The summed E-state index contributed by atoms with van der Waals surface area (Å²) in [7, 11) is 0. The smallest absolute Gasteiger partial charge is 0.246 e. The number of hydrogen-bond donors (Lipinski definition) is 3. The Morgan fingerprint density at radius 3 is 2.19 bits per heavy atom. The molecule has 188 valence electrons. The summed E-state index contributed by atoms with van der Waals surface area (Å²) in [5, 5.41) is 14.1. The third-order valence-corrected chi connectivity index (χ3v) is 6.70. The van der Waals surface area contributed by atoms with Crippen LogP contribution in [0.25, 0.3) is 10.8 Å². The summed E-state index contributed by atoms with van der Waals surface area (Å²) in [6.07, 6.45) is 0.653. The van der Waals surface area contributed by atoms with Crippen LogP contribution < -0.4 is 10.8 Å². The molecule has 1 aliphatic heterocycles. The summed E-state index contributed by atoms with van der Waals surface area (Å²) in [5.41, 5.74) is 4.78. The fraction of sp³-hybridized carbons (Fsp3) is 0.345. The quantitative estimate of drug-likeness (QED) is 0.314. The van der Waals surface area contributed by atoms with Crippen molar-refractivity contribution in [1.29, 1.82) is 0 Å². The van der Waals surface area contributed by atoms with Crippen molar-refractivity contribution in [2.45, 2.75) is 52.2 Å². The van der Waals surface area contributed by atoms with Gasteiger partial charge in [0.25, 0.3) is 0 Å². The second-order valence-electron chi connectivity index (χ2n) is 9.98. The summed E-state index contributed by atoms with van der Waals surface area (Å²) in [5.74, 6) is -1.62. The molecule has 7 heteroatoms. The van der Waals surface area contributed by atoms with E-state index in [-0.39, 0.29) is 24.2 Å². The zero-order valence-corrected chi connectivity index (χ0v) is 20.7. The molecule has 3 amide bonds. The highest BCUT2D eigenvalue weighted by Crippen LogP contribution is 2.25. The molecular weight excluding hydrogens is 454 g/mol. The molecule has 1 aliphatic rings. The molecule has 3 N–H and O–H groups in total. The van der Waals surface area contributed by atoms with E-state index >= 15 is 0 Å². The lowest BCUT2D eigenvalue weighted by Crippen LogP contribution is -2.50. The van der Waals surface area contributed by atoms with Crippen LogP contribution in [0.1, 0.15) is 43.4 Å². The van der Waals surface area contributed by atoms with E-state index in [2.05, 4.69) is 5.32 Å². The Hall–Kier alpha value is -3.71. The van der Waals surface area contributed by atoms with Crippen molar-refractivity contribution in [2.24, 2.45) is 11.8 Å². The van der Waals surface area contributed by atoms with Crippen LogP contribution in [0.5, 0.6) is 0 Å². The maximum atomic E-state index is 13.7. The molecule has 0 radical (unpaired) electrons. The standard InChI is InChI=1S/C29H33N3O4/c1-19(2)13-25(16-27(33)31-36)28(34)30-26(15-20-11-12-21-7-3-4-8-22(21)14-20)29(35)32-17-23-9-5-6-10-24(23)18-32/h3-12,14,19,25-26,36H,13,15-18H2,1-2H3,(H,30,34)(H,31,33)/t25-,26+/m1/s1. The average Bonchev–Trinajstić information content (AvgIpc) is 3.31. The van der Waals surface area contributed by atoms with Gasteiger partial charge in [0.15, 0.2) is 0 Å². The second kappa shape index (κ2) is 11.4. The topological polar surface area (TPSA) is 98.7 Å². The maximum absolute atomic E-state index is 13.7. The molecule has 36 heavy (non-hydrogen) atoms. The molecule has 3 aromatic carbocycles. The van der Waals surface area contributed by atoms with Crippen molar-refractivity contribution < 1.29 is 19.6 Å². The lowest BCUT2D eigenvalue weighted by atomic mass is 9.92. The zero-order chi connectivity index (χ0) is 25.7. The van der Waals surface area contributed by atoms with Gasteiger partial charge in [-0.05, 0) is 39.8 Å². The van der Waals surface area contributed by atoms with Gasteiger partial charge in [-0.15, -0.1) is 0 Å². The van der Waals surface area contributed by atoms with Crippen LogP contribution in [0.3, 0.4) is 0 Å². The number of rotatable bonds is 9. The Balaban J connectivity index is 1.58. The predicted molar refractivity (Wildman–Crippen MR) is 138 cm³/mol. The van der Waals surface area contributed by atoms with Crippen molar-refractivity contribution >= 4 is 28.5 Å². The Kier molecular flexibility index (Phi) is 8.00. The predicted octanol–water partition coefficient (Wildman–Crippen LogP) is 3.97. The van der Waals surface area contributed by atoms with Gasteiger partial charge in [-0.25, -0.2) is 5.48 Å². The first-order valence-electron chi connectivity index (χ1n) is 12.4. The number of hydrogen-bond acceptors (Lipinski definition) is 4. The molecule has 0 saturated heterocycles. The Labute approximate surface area is 211 Å². The van der Waals surface area contributed by atoms with Gasteiger partial charge in [0.05, 0.1) is 0 Å². The minimum atomic E-state index is -0.778. The number of amides is 3. The summed E-state index contributed by atoms with van der Waals surface area (Å²) < 4.78 is 0. The molecule has 0 bridgehead atoms. The summed E-state index contributed by atoms with van der Waals surface area (Å²) in [6, 6.07) is 21.3. The first-order chi connectivity index (χ1) is 17.3. The van der Waals surface area contributed by atoms with Gasteiger partial charge in [-0.2, -0.15) is 0 Å². The van der Waals surface area contributed by atoms with Gasteiger partial charge in [-0.1, -0.05) is 80.6 Å². The van der Waals surface area contributed by atoms with Crippen LogP contribution in [0.15, 0.2) is 66.7 Å². The molecule has 2 atom stereocenters. The number of hydroxylamine groups is 1. The van der Waals surface area contributed by atoms with E-state index < -0.39 is 17.9 Å². The highest BCUT2D eigenvalue weighted by Gasteiger charge is 2.32. The highest BCUT2D eigenvalue weighted by molar-refractivity contribution is 5.91. The fourth-order valence-electron chi connectivity index (χ4n) is 4.92. The first-order valence-corrected chi connectivity index (χ1v) is 12.4. The van der Waals surface area contributed by atoms with E-state index in [1.54, 1.807) is 10.4 Å². The van der Waals surface area contributed by atoms with Crippen molar-refractivity contribution in [3.63, 3.8) is 0 Å². The van der Waals surface area contributed by atoms with Gasteiger partial charge >= 0.3 is 0 Å². The SMILES string of the molecule is CC(C)C[C@H](CC(=O)NO)C(=O)N[C@@H](Cc1ccc2ccccc2c1)C(=O)N1Cc2ccccc2C1.